The molecule has 1 aromatic heterocycles. The van der Waals surface area contributed by atoms with Crippen LogP contribution in [0.15, 0.2) is 30.3 Å². The predicted molar refractivity (Wildman–Crippen MR) is 121 cm³/mol. The molecule has 1 aliphatic carbocycles. The fourth-order valence-corrected chi connectivity index (χ4v) is 5.13. The largest absolute Gasteiger partial charge is 0.444 e. The number of ether oxygens (including phenoxy) is 1. The zero-order valence-electron chi connectivity index (χ0n) is 18.2. The molecular weight excluding hydrogens is 398 g/mol. The van der Waals surface area contributed by atoms with E-state index in [1.165, 1.54) is 19.3 Å². The molecule has 1 aliphatic heterocycles. The molecule has 3 atom stereocenters. The first-order valence-electron chi connectivity index (χ1n) is 11.1. The van der Waals surface area contributed by atoms with Crippen molar-refractivity contribution in [1.29, 1.82) is 0 Å². The molecule has 2 heterocycles. The molecule has 1 saturated heterocycles. The lowest BCUT2D eigenvalue weighted by atomic mass is 9.85. The minimum Gasteiger partial charge on any atom is -0.444 e. The SMILES string of the molecule is CC(C)(C)OC(=O)N1[C@@H](CNCc2ccc3cc(Cl)ccc3n2)C[C@@H]2CCCC[C@@H]21. The lowest BCUT2D eigenvalue weighted by molar-refractivity contribution is 0.0104. The Kier molecular flexibility index (Phi) is 6.21. The number of rotatable bonds is 4. The third-order valence-electron chi connectivity index (χ3n) is 6.19. The van der Waals surface area contributed by atoms with Crippen molar-refractivity contribution in [2.45, 2.75) is 77.1 Å². The summed E-state index contributed by atoms with van der Waals surface area (Å²) in [6, 6.07) is 10.3. The highest BCUT2D eigenvalue weighted by molar-refractivity contribution is 6.31. The number of carbonyl (C=O) groups excluding carboxylic acids is 1. The van der Waals surface area contributed by atoms with Gasteiger partial charge in [-0.25, -0.2) is 4.79 Å². The first-order valence-corrected chi connectivity index (χ1v) is 11.5. The number of hydrogen-bond acceptors (Lipinski definition) is 4. The summed E-state index contributed by atoms with van der Waals surface area (Å²) in [5.74, 6) is 0.599. The second kappa shape index (κ2) is 8.72. The highest BCUT2D eigenvalue weighted by Crippen LogP contribution is 2.40. The maximum Gasteiger partial charge on any atom is 0.410 e. The summed E-state index contributed by atoms with van der Waals surface area (Å²) < 4.78 is 5.76. The van der Waals surface area contributed by atoms with Crippen molar-refractivity contribution in [1.82, 2.24) is 15.2 Å². The van der Waals surface area contributed by atoms with E-state index in [-0.39, 0.29) is 12.1 Å². The van der Waals surface area contributed by atoms with Crippen LogP contribution in [-0.4, -0.2) is 40.2 Å². The zero-order chi connectivity index (χ0) is 21.3. The number of pyridine rings is 1. The molecule has 1 amide bonds. The van der Waals surface area contributed by atoms with Crippen LogP contribution in [0, 0.1) is 5.92 Å². The summed E-state index contributed by atoms with van der Waals surface area (Å²) in [5.41, 5.74) is 1.46. The number of nitrogens with zero attached hydrogens (tertiary/aromatic N) is 2. The highest BCUT2D eigenvalue weighted by atomic mass is 35.5. The van der Waals surface area contributed by atoms with Gasteiger partial charge >= 0.3 is 6.09 Å². The van der Waals surface area contributed by atoms with Crippen LogP contribution in [0.3, 0.4) is 0 Å². The van der Waals surface area contributed by atoms with Gasteiger partial charge in [-0.1, -0.05) is 30.5 Å². The molecule has 6 heteroatoms. The Hall–Kier alpha value is -1.85. The van der Waals surface area contributed by atoms with Gasteiger partial charge in [-0.15, -0.1) is 0 Å². The average molecular weight is 430 g/mol. The van der Waals surface area contributed by atoms with Gasteiger partial charge in [-0.05, 0) is 70.2 Å². The van der Waals surface area contributed by atoms with E-state index < -0.39 is 5.60 Å². The Labute approximate surface area is 184 Å². The number of nitrogens with one attached hydrogen (secondary N) is 1. The van der Waals surface area contributed by atoms with E-state index >= 15 is 0 Å². The van der Waals surface area contributed by atoms with Crippen molar-refractivity contribution in [2.24, 2.45) is 5.92 Å². The summed E-state index contributed by atoms with van der Waals surface area (Å²) >= 11 is 6.06. The van der Waals surface area contributed by atoms with Gasteiger partial charge in [0.05, 0.1) is 11.2 Å². The van der Waals surface area contributed by atoms with Crippen LogP contribution in [0.25, 0.3) is 10.9 Å². The van der Waals surface area contributed by atoms with Crippen LogP contribution < -0.4 is 5.32 Å². The normalized spacial score (nSPS) is 24.1. The second-order valence-corrected chi connectivity index (χ2v) is 10.1. The molecule has 1 N–H and O–H groups in total. The number of hydrogen-bond donors (Lipinski definition) is 1. The van der Waals surface area contributed by atoms with E-state index in [9.17, 15) is 4.79 Å². The number of halogens is 1. The molecule has 5 nitrogen and oxygen atoms in total. The molecule has 2 aliphatic rings. The van der Waals surface area contributed by atoms with Crippen molar-refractivity contribution in [3.8, 4) is 0 Å². The van der Waals surface area contributed by atoms with Gasteiger partial charge in [0.15, 0.2) is 0 Å². The maximum absolute atomic E-state index is 13.0. The van der Waals surface area contributed by atoms with Gasteiger partial charge in [-0.3, -0.25) is 4.98 Å². The topological polar surface area (TPSA) is 54.5 Å². The van der Waals surface area contributed by atoms with Gasteiger partial charge in [0.2, 0.25) is 0 Å². The number of fused-ring (bicyclic) bond motifs is 2. The van der Waals surface area contributed by atoms with E-state index in [4.69, 9.17) is 21.3 Å². The third kappa shape index (κ3) is 4.89. The summed E-state index contributed by atoms with van der Waals surface area (Å²) in [7, 11) is 0. The van der Waals surface area contributed by atoms with Gasteiger partial charge in [0, 0.05) is 35.6 Å². The zero-order valence-corrected chi connectivity index (χ0v) is 18.9. The predicted octanol–water partition coefficient (Wildman–Crippen LogP) is 5.55. The second-order valence-electron chi connectivity index (χ2n) is 9.66. The van der Waals surface area contributed by atoms with E-state index in [2.05, 4.69) is 11.4 Å². The van der Waals surface area contributed by atoms with Gasteiger partial charge in [0.25, 0.3) is 0 Å². The van der Waals surface area contributed by atoms with Crippen LogP contribution in [-0.2, 0) is 11.3 Å². The van der Waals surface area contributed by atoms with Crippen molar-refractivity contribution in [3.63, 3.8) is 0 Å². The molecule has 0 unspecified atom stereocenters. The molecule has 0 radical (unpaired) electrons. The van der Waals surface area contributed by atoms with Crippen LogP contribution in [0.2, 0.25) is 5.02 Å². The third-order valence-corrected chi connectivity index (χ3v) is 6.43. The van der Waals surface area contributed by atoms with Crippen LogP contribution in [0.4, 0.5) is 4.79 Å². The smallest absolute Gasteiger partial charge is 0.410 e. The van der Waals surface area contributed by atoms with E-state index in [1.807, 2.05) is 49.9 Å². The summed E-state index contributed by atoms with van der Waals surface area (Å²) in [5, 5.41) is 5.31. The lowest BCUT2D eigenvalue weighted by Crippen LogP contribution is -2.48. The molecular formula is C24H32ClN3O2. The van der Waals surface area contributed by atoms with Crippen molar-refractivity contribution in [3.05, 3.63) is 41.0 Å². The lowest BCUT2D eigenvalue weighted by Gasteiger charge is -2.35. The molecule has 2 fully saturated rings. The Morgan fingerprint density at radius 2 is 2.03 bits per heavy atom. The first-order chi connectivity index (χ1) is 14.3. The quantitative estimate of drug-likeness (QED) is 0.692. The van der Waals surface area contributed by atoms with Gasteiger partial charge in [0.1, 0.15) is 5.60 Å². The Bertz CT molecular complexity index is 911. The number of carbonyl (C=O) groups is 1. The Morgan fingerprint density at radius 1 is 1.23 bits per heavy atom. The van der Waals surface area contributed by atoms with Crippen LogP contribution >= 0.6 is 11.6 Å². The minimum atomic E-state index is -0.472. The fourth-order valence-electron chi connectivity index (χ4n) is 4.95. The summed E-state index contributed by atoms with van der Waals surface area (Å²) in [6.07, 6.45) is 5.68. The molecule has 4 rings (SSSR count). The number of benzene rings is 1. The first kappa shape index (κ1) is 21.4. The molecule has 0 bridgehead atoms. The van der Waals surface area contributed by atoms with Crippen molar-refractivity contribution >= 4 is 28.6 Å². The summed E-state index contributed by atoms with van der Waals surface area (Å²) in [4.78, 5) is 19.8. The van der Waals surface area contributed by atoms with Crippen molar-refractivity contribution < 1.29 is 9.53 Å². The van der Waals surface area contributed by atoms with Crippen molar-refractivity contribution in [2.75, 3.05) is 6.54 Å². The highest BCUT2D eigenvalue weighted by Gasteiger charge is 2.45. The summed E-state index contributed by atoms with van der Waals surface area (Å²) in [6.45, 7) is 7.24. The Morgan fingerprint density at radius 3 is 2.83 bits per heavy atom. The number of amides is 1. The molecule has 2 aromatic rings. The molecule has 1 aromatic carbocycles. The molecule has 1 saturated carbocycles. The average Bonchev–Trinajstić information content (AvgIpc) is 3.05. The minimum absolute atomic E-state index is 0.163. The standard InChI is InChI=1S/C24H32ClN3O2/c1-24(2,3)30-23(29)28-20(13-17-6-4-5-7-22(17)28)15-26-14-19-10-8-16-12-18(25)9-11-21(16)27-19/h8-12,17,20,22,26H,4-7,13-15H2,1-3H3/t17-,20+,22-/m0/s1. The van der Waals surface area contributed by atoms with E-state index in [1.54, 1.807) is 0 Å². The monoisotopic (exact) mass is 429 g/mol. The van der Waals surface area contributed by atoms with Gasteiger partial charge < -0.3 is 15.0 Å². The van der Waals surface area contributed by atoms with Gasteiger partial charge in [-0.2, -0.15) is 0 Å². The number of likely N-dealkylation sites (tertiary alicyclic amines) is 1. The fraction of sp³-hybridized carbons (Fsp3) is 0.583. The Balaban J connectivity index is 1.41. The molecule has 0 spiro atoms. The van der Waals surface area contributed by atoms with Crippen LogP contribution in [0.5, 0.6) is 0 Å². The molecule has 162 valence electrons. The van der Waals surface area contributed by atoms with E-state index in [0.29, 0.717) is 18.5 Å². The van der Waals surface area contributed by atoms with E-state index in [0.717, 1.165) is 41.0 Å². The van der Waals surface area contributed by atoms with Crippen LogP contribution in [0.1, 0.15) is 58.6 Å². The molecule has 30 heavy (non-hydrogen) atoms. The maximum atomic E-state index is 13.0. The number of aromatic nitrogens is 1.